The second-order valence-corrected chi connectivity index (χ2v) is 5.28. The number of nitrogens with zero attached hydrogens (tertiary/aromatic N) is 1. The second-order valence-electron chi connectivity index (χ2n) is 4.87. The van der Waals surface area contributed by atoms with Crippen LogP contribution in [-0.2, 0) is 0 Å². The number of likely N-dealkylation sites (N-methyl/N-ethyl adjacent to an activating group) is 1. The summed E-state index contributed by atoms with van der Waals surface area (Å²) in [5.41, 5.74) is 0.542. The van der Waals surface area contributed by atoms with E-state index >= 15 is 0 Å². The minimum absolute atomic E-state index is 0.0530. The zero-order chi connectivity index (χ0) is 14.4. The Kier molecular flexibility index (Phi) is 6.12. The van der Waals surface area contributed by atoms with Gasteiger partial charge in [-0.05, 0) is 46.1 Å². The van der Waals surface area contributed by atoms with E-state index in [0.717, 1.165) is 6.54 Å². The molecule has 0 atom stereocenters. The van der Waals surface area contributed by atoms with E-state index in [2.05, 4.69) is 5.32 Å². The van der Waals surface area contributed by atoms with Gasteiger partial charge in [-0.2, -0.15) is 0 Å². The molecule has 4 nitrogen and oxygen atoms in total. The molecule has 0 fully saturated rings. The highest BCUT2D eigenvalue weighted by atomic mass is 35.5. The van der Waals surface area contributed by atoms with Crippen LogP contribution in [0.25, 0.3) is 0 Å². The summed E-state index contributed by atoms with van der Waals surface area (Å²) >= 11 is 6.09. The van der Waals surface area contributed by atoms with Crippen molar-refractivity contribution in [3.05, 3.63) is 28.8 Å². The zero-order valence-electron chi connectivity index (χ0n) is 11.9. The maximum absolute atomic E-state index is 11.9. The van der Waals surface area contributed by atoms with Crippen LogP contribution in [0.1, 0.15) is 24.2 Å². The summed E-state index contributed by atoms with van der Waals surface area (Å²) in [6.45, 7) is 5.26. The molecule has 0 aliphatic carbocycles. The van der Waals surface area contributed by atoms with Crippen molar-refractivity contribution >= 4 is 17.5 Å². The molecule has 0 bridgehead atoms. The van der Waals surface area contributed by atoms with Gasteiger partial charge in [0.15, 0.2) is 0 Å². The lowest BCUT2D eigenvalue weighted by Gasteiger charge is -2.13. The number of hydrogen-bond donors (Lipinski definition) is 1. The summed E-state index contributed by atoms with van der Waals surface area (Å²) in [4.78, 5) is 13.9. The molecule has 1 aromatic rings. The minimum atomic E-state index is -0.125. The van der Waals surface area contributed by atoms with E-state index in [-0.39, 0.29) is 12.0 Å². The van der Waals surface area contributed by atoms with Crippen LogP contribution in [0, 0.1) is 0 Å². The Morgan fingerprint density at radius 3 is 2.63 bits per heavy atom. The van der Waals surface area contributed by atoms with Crippen LogP contribution in [0.15, 0.2) is 18.2 Å². The molecule has 0 aliphatic heterocycles. The lowest BCUT2D eigenvalue weighted by Crippen LogP contribution is -2.31. The second kappa shape index (κ2) is 7.36. The maximum atomic E-state index is 11.9. The summed E-state index contributed by atoms with van der Waals surface area (Å²) < 4.78 is 5.52. The average molecular weight is 285 g/mol. The van der Waals surface area contributed by atoms with E-state index < -0.39 is 0 Å². The molecule has 1 rings (SSSR count). The van der Waals surface area contributed by atoms with Crippen LogP contribution in [0.3, 0.4) is 0 Å². The Morgan fingerprint density at radius 1 is 1.42 bits per heavy atom. The molecular formula is C14H21ClN2O2. The molecular weight excluding hydrogens is 264 g/mol. The van der Waals surface area contributed by atoms with Gasteiger partial charge in [-0.25, -0.2) is 0 Å². The lowest BCUT2D eigenvalue weighted by atomic mass is 10.2. The molecule has 1 N–H and O–H groups in total. The fourth-order valence-corrected chi connectivity index (χ4v) is 1.71. The van der Waals surface area contributed by atoms with Crippen LogP contribution in [-0.4, -0.2) is 44.1 Å². The van der Waals surface area contributed by atoms with Crippen molar-refractivity contribution in [3.8, 4) is 5.75 Å². The van der Waals surface area contributed by atoms with Gasteiger partial charge < -0.3 is 15.0 Å². The van der Waals surface area contributed by atoms with Crippen LogP contribution in [0.2, 0.25) is 5.02 Å². The number of hydrogen-bond acceptors (Lipinski definition) is 3. The predicted octanol–water partition coefficient (Wildman–Crippen LogP) is 2.42. The number of rotatable bonds is 6. The molecule has 0 saturated heterocycles. The first kappa shape index (κ1) is 15.8. The summed E-state index contributed by atoms with van der Waals surface area (Å²) in [7, 11) is 3.92. The van der Waals surface area contributed by atoms with Crippen molar-refractivity contribution in [1.82, 2.24) is 10.2 Å². The van der Waals surface area contributed by atoms with Crippen molar-refractivity contribution in [2.24, 2.45) is 0 Å². The molecule has 106 valence electrons. The molecule has 19 heavy (non-hydrogen) atoms. The number of ether oxygens (including phenoxy) is 1. The quantitative estimate of drug-likeness (QED) is 0.872. The highest BCUT2D eigenvalue weighted by Crippen LogP contribution is 2.26. The maximum Gasteiger partial charge on any atom is 0.251 e. The standard InChI is InChI=1S/C14H21ClN2O2/c1-10(2)19-13-6-5-11(9-12(13)15)14(18)16-7-8-17(3)4/h5-6,9-10H,7-8H2,1-4H3,(H,16,18). The Hall–Kier alpha value is -1.26. The molecule has 1 amide bonds. The van der Waals surface area contributed by atoms with Crippen molar-refractivity contribution in [1.29, 1.82) is 0 Å². The highest BCUT2D eigenvalue weighted by molar-refractivity contribution is 6.32. The smallest absolute Gasteiger partial charge is 0.251 e. The van der Waals surface area contributed by atoms with Crippen LogP contribution >= 0.6 is 11.6 Å². The monoisotopic (exact) mass is 284 g/mol. The molecule has 0 aliphatic rings. The number of benzene rings is 1. The summed E-state index contributed by atoms with van der Waals surface area (Å²) in [5.74, 6) is 0.473. The van der Waals surface area contributed by atoms with Gasteiger partial charge in [0.05, 0.1) is 11.1 Å². The van der Waals surface area contributed by atoms with Gasteiger partial charge >= 0.3 is 0 Å². The number of nitrogens with one attached hydrogen (secondary N) is 1. The molecule has 0 spiro atoms. The first-order valence-electron chi connectivity index (χ1n) is 6.29. The third-order valence-electron chi connectivity index (χ3n) is 2.40. The molecule has 0 heterocycles. The molecule has 0 radical (unpaired) electrons. The fourth-order valence-electron chi connectivity index (χ4n) is 1.49. The number of amides is 1. The fraction of sp³-hybridized carbons (Fsp3) is 0.500. The normalized spacial score (nSPS) is 10.9. The molecule has 1 aromatic carbocycles. The third kappa shape index (κ3) is 5.49. The van der Waals surface area contributed by atoms with E-state index in [1.54, 1.807) is 18.2 Å². The van der Waals surface area contributed by atoms with Crippen molar-refractivity contribution in [2.75, 3.05) is 27.2 Å². The Balaban J connectivity index is 2.64. The molecule has 5 heteroatoms. The largest absolute Gasteiger partial charge is 0.489 e. The first-order valence-corrected chi connectivity index (χ1v) is 6.67. The van der Waals surface area contributed by atoms with Crippen LogP contribution in [0.4, 0.5) is 0 Å². The van der Waals surface area contributed by atoms with Crippen molar-refractivity contribution in [3.63, 3.8) is 0 Å². The topological polar surface area (TPSA) is 41.6 Å². The molecule has 0 unspecified atom stereocenters. The van der Waals surface area contributed by atoms with Gasteiger partial charge in [0, 0.05) is 18.7 Å². The highest BCUT2D eigenvalue weighted by Gasteiger charge is 2.10. The Labute approximate surface area is 119 Å². The van der Waals surface area contributed by atoms with Gasteiger partial charge in [-0.1, -0.05) is 11.6 Å². The summed E-state index contributed by atoms with van der Waals surface area (Å²) in [5, 5.41) is 3.29. The van der Waals surface area contributed by atoms with Gasteiger partial charge in [0.2, 0.25) is 0 Å². The Bertz CT molecular complexity index is 433. The Morgan fingerprint density at radius 2 is 2.11 bits per heavy atom. The van der Waals surface area contributed by atoms with Gasteiger partial charge in [-0.3, -0.25) is 4.79 Å². The number of carbonyl (C=O) groups is 1. The van der Waals surface area contributed by atoms with E-state index in [4.69, 9.17) is 16.3 Å². The average Bonchev–Trinajstić information content (AvgIpc) is 2.30. The number of carbonyl (C=O) groups excluding carboxylic acids is 1. The zero-order valence-corrected chi connectivity index (χ0v) is 12.6. The van der Waals surface area contributed by atoms with E-state index in [0.29, 0.717) is 22.9 Å². The molecule has 0 saturated carbocycles. The van der Waals surface area contributed by atoms with Gasteiger partial charge in [-0.15, -0.1) is 0 Å². The number of halogens is 1. The third-order valence-corrected chi connectivity index (χ3v) is 2.70. The summed E-state index contributed by atoms with van der Waals surface area (Å²) in [6, 6.07) is 5.07. The van der Waals surface area contributed by atoms with E-state index in [1.165, 1.54) is 0 Å². The first-order chi connectivity index (χ1) is 8.90. The van der Waals surface area contributed by atoms with Crippen LogP contribution < -0.4 is 10.1 Å². The van der Waals surface area contributed by atoms with Gasteiger partial charge in [0.1, 0.15) is 5.75 Å². The lowest BCUT2D eigenvalue weighted by molar-refractivity contribution is 0.0951. The van der Waals surface area contributed by atoms with E-state index in [1.807, 2.05) is 32.8 Å². The van der Waals surface area contributed by atoms with Crippen molar-refractivity contribution in [2.45, 2.75) is 20.0 Å². The minimum Gasteiger partial charge on any atom is -0.489 e. The van der Waals surface area contributed by atoms with Crippen molar-refractivity contribution < 1.29 is 9.53 Å². The molecule has 0 aromatic heterocycles. The predicted molar refractivity (Wildman–Crippen MR) is 78.1 cm³/mol. The van der Waals surface area contributed by atoms with Crippen LogP contribution in [0.5, 0.6) is 5.75 Å². The summed E-state index contributed by atoms with van der Waals surface area (Å²) in [6.07, 6.45) is 0.0530. The SMILES string of the molecule is CC(C)Oc1ccc(C(=O)NCCN(C)C)cc1Cl. The van der Waals surface area contributed by atoms with Gasteiger partial charge in [0.25, 0.3) is 5.91 Å². The van der Waals surface area contributed by atoms with E-state index in [9.17, 15) is 4.79 Å².